The van der Waals surface area contributed by atoms with Crippen molar-refractivity contribution in [2.24, 2.45) is 0 Å². The second-order valence-corrected chi connectivity index (χ2v) is 12.9. The second kappa shape index (κ2) is 14.1. The van der Waals surface area contributed by atoms with E-state index in [1.54, 1.807) is 36.4 Å². The molecule has 10 heteroatoms. The van der Waals surface area contributed by atoms with Crippen LogP contribution >= 0.6 is 23.2 Å². The summed E-state index contributed by atoms with van der Waals surface area (Å²) in [6.45, 7) is 3.32. The third kappa shape index (κ3) is 7.96. The van der Waals surface area contributed by atoms with Crippen molar-refractivity contribution in [1.82, 2.24) is 10.2 Å². The Morgan fingerprint density at radius 3 is 1.98 bits per heavy atom. The minimum absolute atomic E-state index is 0.0145. The van der Waals surface area contributed by atoms with E-state index in [0.717, 1.165) is 26.6 Å². The molecular weight excluding hydrogens is 605 g/mol. The maximum absolute atomic E-state index is 14.3. The fraction of sp³-hybridized carbons (Fsp3) is 0.212. The van der Waals surface area contributed by atoms with Gasteiger partial charge in [-0.15, -0.1) is 0 Å². The van der Waals surface area contributed by atoms with Gasteiger partial charge in [-0.05, 0) is 84.6 Å². The molecule has 0 heterocycles. The average Bonchev–Trinajstić information content (AvgIpc) is 3.00. The molecule has 4 aromatic rings. The van der Waals surface area contributed by atoms with Gasteiger partial charge in [-0.3, -0.25) is 13.9 Å². The Labute approximate surface area is 263 Å². The molecule has 43 heavy (non-hydrogen) atoms. The van der Waals surface area contributed by atoms with E-state index in [4.69, 9.17) is 23.2 Å². The highest BCUT2D eigenvalue weighted by Crippen LogP contribution is 2.28. The zero-order valence-electron chi connectivity index (χ0n) is 24.1. The maximum Gasteiger partial charge on any atom is 0.264 e. The molecule has 1 atom stereocenters. The molecule has 224 valence electrons. The third-order valence-corrected chi connectivity index (χ3v) is 9.53. The predicted molar refractivity (Wildman–Crippen MR) is 172 cm³/mol. The van der Waals surface area contributed by atoms with Gasteiger partial charge in [0, 0.05) is 30.1 Å². The van der Waals surface area contributed by atoms with Gasteiger partial charge in [-0.25, -0.2) is 8.42 Å². The van der Waals surface area contributed by atoms with Crippen LogP contribution < -0.4 is 9.62 Å². The number of sulfonamides is 1. The quantitative estimate of drug-likeness (QED) is 0.212. The molecule has 0 aliphatic rings. The largest absolute Gasteiger partial charge is 0.357 e. The van der Waals surface area contributed by atoms with E-state index in [1.165, 1.54) is 36.2 Å². The van der Waals surface area contributed by atoms with Crippen molar-refractivity contribution in [3.8, 4) is 0 Å². The van der Waals surface area contributed by atoms with Crippen LogP contribution in [0.1, 0.15) is 22.3 Å². The summed E-state index contributed by atoms with van der Waals surface area (Å²) in [6, 6.07) is 26.4. The number of rotatable bonds is 11. The van der Waals surface area contributed by atoms with Gasteiger partial charge >= 0.3 is 0 Å². The fourth-order valence-corrected chi connectivity index (χ4v) is 6.31. The number of likely N-dealkylation sites (N-methyl/N-ethyl adjacent to an activating group) is 1. The van der Waals surface area contributed by atoms with Crippen LogP contribution in [0.2, 0.25) is 10.0 Å². The number of nitrogens with zero attached hydrogens (tertiary/aromatic N) is 2. The van der Waals surface area contributed by atoms with Crippen LogP contribution in [-0.4, -0.2) is 44.8 Å². The molecule has 0 radical (unpaired) electrons. The number of benzene rings is 4. The number of halogens is 2. The Hall–Kier alpha value is -3.85. The molecule has 1 N–H and O–H groups in total. The highest BCUT2D eigenvalue weighted by atomic mass is 35.5. The van der Waals surface area contributed by atoms with Gasteiger partial charge in [0.1, 0.15) is 12.6 Å². The molecule has 0 saturated carbocycles. The van der Waals surface area contributed by atoms with Crippen molar-refractivity contribution in [3.63, 3.8) is 0 Å². The van der Waals surface area contributed by atoms with Gasteiger partial charge in [0.15, 0.2) is 0 Å². The van der Waals surface area contributed by atoms with Gasteiger partial charge in [-0.1, -0.05) is 71.7 Å². The molecule has 7 nitrogen and oxygen atoms in total. The summed E-state index contributed by atoms with van der Waals surface area (Å²) in [4.78, 5) is 29.1. The molecule has 0 aromatic heterocycles. The predicted octanol–water partition coefficient (Wildman–Crippen LogP) is 6.19. The topological polar surface area (TPSA) is 86.8 Å². The summed E-state index contributed by atoms with van der Waals surface area (Å²) in [7, 11) is -2.70. The van der Waals surface area contributed by atoms with Crippen LogP contribution in [-0.2, 0) is 32.6 Å². The lowest BCUT2D eigenvalue weighted by molar-refractivity contribution is -0.139. The van der Waals surface area contributed by atoms with Crippen LogP contribution in [0.3, 0.4) is 0 Å². The summed E-state index contributed by atoms with van der Waals surface area (Å²) in [5.74, 6) is -0.917. The Bertz CT molecular complexity index is 1680. The Balaban J connectivity index is 1.80. The lowest BCUT2D eigenvalue weighted by Crippen LogP contribution is -2.53. The van der Waals surface area contributed by atoms with Crippen LogP contribution in [0.4, 0.5) is 5.69 Å². The lowest BCUT2D eigenvalue weighted by Gasteiger charge is -2.33. The second-order valence-electron chi connectivity index (χ2n) is 10.2. The van der Waals surface area contributed by atoms with Crippen molar-refractivity contribution >= 4 is 50.7 Å². The molecule has 0 bridgehead atoms. The SMILES string of the molecule is CNC(=O)C(Cc1ccccc1)N(Cc1ccc(Cl)cc1)C(=O)CN(c1ccc(C)c(C)c1)S(=O)(=O)c1ccc(Cl)cc1. The first-order valence-electron chi connectivity index (χ1n) is 13.6. The molecule has 2 amide bonds. The number of carbonyl (C=O) groups excluding carboxylic acids is 2. The molecule has 0 fully saturated rings. The molecule has 0 saturated heterocycles. The summed E-state index contributed by atoms with van der Waals surface area (Å²) in [5.41, 5.74) is 3.76. The molecular formula is C33H33Cl2N3O4S. The van der Waals surface area contributed by atoms with E-state index in [1.807, 2.05) is 50.2 Å². The molecule has 0 spiro atoms. The van der Waals surface area contributed by atoms with Crippen LogP contribution in [0.25, 0.3) is 0 Å². The smallest absolute Gasteiger partial charge is 0.264 e. The summed E-state index contributed by atoms with van der Waals surface area (Å²) >= 11 is 12.1. The first-order chi connectivity index (χ1) is 20.5. The number of aryl methyl sites for hydroxylation is 2. The Kier molecular flexibility index (Phi) is 10.5. The summed E-state index contributed by atoms with van der Waals surface area (Å²) < 4.78 is 29.2. The summed E-state index contributed by atoms with van der Waals surface area (Å²) in [5, 5.41) is 3.59. The van der Waals surface area contributed by atoms with Crippen LogP contribution in [0, 0.1) is 13.8 Å². The van der Waals surface area contributed by atoms with Crippen molar-refractivity contribution in [2.75, 3.05) is 17.9 Å². The van der Waals surface area contributed by atoms with E-state index in [0.29, 0.717) is 15.7 Å². The van der Waals surface area contributed by atoms with Gasteiger partial charge < -0.3 is 10.2 Å². The minimum Gasteiger partial charge on any atom is -0.357 e. The first kappa shape index (κ1) is 32.1. The van der Waals surface area contributed by atoms with Crippen molar-refractivity contribution < 1.29 is 18.0 Å². The summed E-state index contributed by atoms with van der Waals surface area (Å²) in [6.07, 6.45) is 0.230. The maximum atomic E-state index is 14.3. The minimum atomic E-state index is -4.21. The highest BCUT2D eigenvalue weighted by Gasteiger charge is 2.34. The van der Waals surface area contributed by atoms with Crippen LogP contribution in [0.5, 0.6) is 0 Å². The fourth-order valence-electron chi connectivity index (χ4n) is 4.65. The first-order valence-corrected chi connectivity index (χ1v) is 15.8. The number of hydrogen-bond acceptors (Lipinski definition) is 4. The van der Waals surface area contributed by atoms with Gasteiger partial charge in [0.2, 0.25) is 11.8 Å². The van der Waals surface area contributed by atoms with Crippen molar-refractivity contribution in [2.45, 2.75) is 37.8 Å². The Morgan fingerprint density at radius 1 is 0.791 bits per heavy atom. The monoisotopic (exact) mass is 637 g/mol. The number of carbonyl (C=O) groups is 2. The molecule has 0 aliphatic carbocycles. The highest BCUT2D eigenvalue weighted by molar-refractivity contribution is 7.92. The third-order valence-electron chi connectivity index (χ3n) is 7.24. The lowest BCUT2D eigenvalue weighted by atomic mass is 10.0. The number of hydrogen-bond donors (Lipinski definition) is 1. The molecule has 4 rings (SSSR count). The Morgan fingerprint density at radius 2 is 1.40 bits per heavy atom. The van der Waals surface area contributed by atoms with Crippen LogP contribution in [0.15, 0.2) is 102 Å². The van der Waals surface area contributed by atoms with E-state index >= 15 is 0 Å². The van der Waals surface area contributed by atoms with Gasteiger partial charge in [0.25, 0.3) is 10.0 Å². The molecule has 1 unspecified atom stereocenters. The number of amides is 2. The number of nitrogens with one attached hydrogen (secondary N) is 1. The molecule has 4 aromatic carbocycles. The normalized spacial score (nSPS) is 11.9. The van der Waals surface area contributed by atoms with E-state index in [-0.39, 0.29) is 23.8 Å². The van der Waals surface area contributed by atoms with Gasteiger partial charge in [-0.2, -0.15) is 0 Å². The molecule has 0 aliphatic heterocycles. The van der Waals surface area contributed by atoms with Crippen molar-refractivity contribution in [3.05, 3.63) is 129 Å². The average molecular weight is 639 g/mol. The van der Waals surface area contributed by atoms with Crippen molar-refractivity contribution in [1.29, 1.82) is 0 Å². The van der Waals surface area contributed by atoms with Gasteiger partial charge in [0.05, 0.1) is 10.6 Å². The zero-order valence-corrected chi connectivity index (χ0v) is 26.5. The van der Waals surface area contributed by atoms with E-state index in [9.17, 15) is 18.0 Å². The zero-order chi connectivity index (χ0) is 31.1. The van der Waals surface area contributed by atoms with E-state index < -0.39 is 28.5 Å². The number of anilines is 1. The van der Waals surface area contributed by atoms with E-state index in [2.05, 4.69) is 5.32 Å². The standard InChI is InChI=1S/C33H33Cl2N3O4S/c1-23-9-16-29(19-24(23)2)38(43(41,42)30-17-14-28(35)15-18-30)22-32(39)37(21-26-10-12-27(34)13-11-26)31(33(40)36-3)20-25-7-5-4-6-8-25/h4-19,31H,20-22H2,1-3H3,(H,36,40).